The molecule has 11 rings (SSSR count). The summed E-state index contributed by atoms with van der Waals surface area (Å²) < 4.78 is 4.35. The second kappa shape index (κ2) is 12.5. The van der Waals surface area contributed by atoms with E-state index in [2.05, 4.69) is 126 Å². The third kappa shape index (κ3) is 4.83. The molecule has 2 aromatic heterocycles. The van der Waals surface area contributed by atoms with Crippen molar-refractivity contribution in [1.82, 2.24) is 9.13 Å². The highest BCUT2D eigenvalue weighted by molar-refractivity contribution is 6.35. The number of carbonyl (C=O) groups excluding carboxylic acids is 2. The molecule has 6 heteroatoms. The van der Waals surface area contributed by atoms with E-state index in [1.165, 1.54) is 21.4 Å². The van der Waals surface area contributed by atoms with Crippen molar-refractivity contribution in [2.45, 2.75) is 0 Å². The van der Waals surface area contributed by atoms with Gasteiger partial charge in [0.05, 0.1) is 50.1 Å². The highest BCUT2D eigenvalue weighted by Crippen LogP contribution is 2.42. The molecule has 3 heterocycles. The number of aromatic nitrogens is 2. The molecule has 6 nitrogen and oxygen atoms in total. The largest absolute Gasteiger partial charge is 0.309 e. The minimum atomic E-state index is -0.407. The van der Waals surface area contributed by atoms with Gasteiger partial charge in [-0.25, -0.2) is 4.90 Å². The lowest BCUT2D eigenvalue weighted by molar-refractivity contribution is 0.0926. The van der Waals surface area contributed by atoms with E-state index in [0.29, 0.717) is 28.1 Å². The number of carbonyl (C=O) groups is 2. The van der Waals surface area contributed by atoms with Crippen molar-refractivity contribution >= 4 is 61.1 Å². The minimum absolute atomic E-state index is 0.351. The average molecular weight is 731 g/mol. The predicted molar refractivity (Wildman–Crippen MR) is 228 cm³/mol. The molecular weight excluding hydrogens is 701 g/mol. The van der Waals surface area contributed by atoms with Crippen molar-refractivity contribution in [3.63, 3.8) is 0 Å². The standard InChI is InChI=1S/C51H30N4O2/c52-31-36-13-10-20-48(55-50(56)40-16-4-5-17-41(40)51(55)57)49(36)54-45-19-9-7-15-39(45)43-30-35(24-28-47(43)54)34-23-27-46-42(29-34)38-14-6-8-18-44(38)53(46)37-25-21-33(22-26-37)32-11-2-1-3-12-32/h1-30H. The lowest BCUT2D eigenvalue weighted by atomic mass is 10.0. The van der Waals surface area contributed by atoms with Gasteiger partial charge in [0, 0.05) is 27.2 Å². The zero-order chi connectivity index (χ0) is 38.2. The number of fused-ring (bicyclic) bond motifs is 7. The van der Waals surface area contributed by atoms with E-state index in [1.807, 2.05) is 28.8 Å². The molecule has 266 valence electrons. The van der Waals surface area contributed by atoms with Gasteiger partial charge in [0.15, 0.2) is 0 Å². The van der Waals surface area contributed by atoms with Crippen LogP contribution in [0.15, 0.2) is 182 Å². The third-order valence-corrected chi connectivity index (χ3v) is 11.3. The van der Waals surface area contributed by atoms with E-state index in [1.54, 1.807) is 42.5 Å². The van der Waals surface area contributed by atoms with Gasteiger partial charge < -0.3 is 9.13 Å². The van der Waals surface area contributed by atoms with Crippen LogP contribution < -0.4 is 4.90 Å². The van der Waals surface area contributed by atoms with Crippen LogP contribution in [0.3, 0.4) is 0 Å². The molecule has 0 saturated carbocycles. The summed E-state index contributed by atoms with van der Waals surface area (Å²) in [6.45, 7) is 0. The second-order valence-electron chi connectivity index (χ2n) is 14.4. The first kappa shape index (κ1) is 32.4. The van der Waals surface area contributed by atoms with Gasteiger partial charge in [-0.2, -0.15) is 5.26 Å². The molecule has 0 bridgehead atoms. The number of nitrogens with zero attached hydrogens (tertiary/aromatic N) is 4. The Bertz CT molecular complexity index is 3310. The molecule has 2 amide bonds. The maximum Gasteiger partial charge on any atom is 0.266 e. The van der Waals surface area contributed by atoms with Gasteiger partial charge in [0.25, 0.3) is 11.8 Å². The highest BCUT2D eigenvalue weighted by atomic mass is 16.2. The van der Waals surface area contributed by atoms with Gasteiger partial charge in [-0.05, 0) is 95.1 Å². The molecule has 0 saturated heterocycles. The van der Waals surface area contributed by atoms with E-state index in [4.69, 9.17) is 0 Å². The van der Waals surface area contributed by atoms with Crippen molar-refractivity contribution < 1.29 is 9.59 Å². The number of hydrogen-bond acceptors (Lipinski definition) is 3. The Kier molecular flexibility index (Phi) is 7.12. The van der Waals surface area contributed by atoms with Gasteiger partial charge in [-0.15, -0.1) is 0 Å². The molecule has 0 spiro atoms. The van der Waals surface area contributed by atoms with Crippen LogP contribution in [0.2, 0.25) is 0 Å². The Hall–Kier alpha value is -8.01. The van der Waals surface area contributed by atoms with Crippen molar-refractivity contribution in [3.05, 3.63) is 199 Å². The number of hydrogen-bond donors (Lipinski definition) is 0. The van der Waals surface area contributed by atoms with Crippen LogP contribution in [0.4, 0.5) is 5.69 Å². The van der Waals surface area contributed by atoms with Crippen molar-refractivity contribution in [2.24, 2.45) is 0 Å². The van der Waals surface area contributed by atoms with Gasteiger partial charge >= 0.3 is 0 Å². The number of nitriles is 1. The van der Waals surface area contributed by atoms with Crippen LogP contribution in [-0.2, 0) is 0 Å². The monoisotopic (exact) mass is 730 g/mol. The lowest BCUT2D eigenvalue weighted by Crippen LogP contribution is -2.30. The fourth-order valence-corrected chi connectivity index (χ4v) is 8.70. The maximum atomic E-state index is 13.8. The van der Waals surface area contributed by atoms with Crippen LogP contribution in [0.1, 0.15) is 26.3 Å². The molecule has 8 aromatic carbocycles. The number of imide groups is 1. The van der Waals surface area contributed by atoms with Crippen molar-refractivity contribution in [2.75, 3.05) is 4.90 Å². The SMILES string of the molecule is N#Cc1cccc(N2C(=O)c3ccccc3C2=O)c1-n1c2ccccc2c2cc(-c3ccc4c(c3)c3ccccc3n4-c3ccc(-c4ccccc4)cc3)ccc21. The first-order valence-electron chi connectivity index (χ1n) is 18.8. The van der Waals surface area contributed by atoms with Crippen molar-refractivity contribution in [3.8, 4) is 39.7 Å². The fourth-order valence-electron chi connectivity index (χ4n) is 8.70. The van der Waals surface area contributed by atoms with Crippen LogP contribution in [0, 0.1) is 11.3 Å². The van der Waals surface area contributed by atoms with E-state index < -0.39 is 11.8 Å². The molecule has 0 fully saturated rings. The molecule has 0 N–H and O–H groups in total. The zero-order valence-corrected chi connectivity index (χ0v) is 30.4. The Morgan fingerprint density at radius 1 is 0.404 bits per heavy atom. The zero-order valence-electron chi connectivity index (χ0n) is 30.4. The number of benzene rings is 8. The molecule has 10 aromatic rings. The van der Waals surface area contributed by atoms with Gasteiger partial charge in [0.1, 0.15) is 6.07 Å². The van der Waals surface area contributed by atoms with Gasteiger partial charge in [0.2, 0.25) is 0 Å². The third-order valence-electron chi connectivity index (χ3n) is 11.3. The summed E-state index contributed by atoms with van der Waals surface area (Å²) in [6.07, 6.45) is 0. The molecule has 1 aliphatic heterocycles. The van der Waals surface area contributed by atoms with E-state index in [-0.39, 0.29) is 0 Å². The summed E-state index contributed by atoms with van der Waals surface area (Å²) >= 11 is 0. The Morgan fingerprint density at radius 2 is 0.895 bits per heavy atom. The van der Waals surface area contributed by atoms with Gasteiger partial charge in [-0.3, -0.25) is 9.59 Å². The number of rotatable bonds is 5. The molecule has 0 radical (unpaired) electrons. The van der Waals surface area contributed by atoms with Gasteiger partial charge in [-0.1, -0.05) is 109 Å². The normalized spacial score (nSPS) is 12.6. The Morgan fingerprint density at radius 3 is 1.51 bits per heavy atom. The highest BCUT2D eigenvalue weighted by Gasteiger charge is 2.38. The molecule has 0 aliphatic carbocycles. The van der Waals surface area contributed by atoms with E-state index >= 15 is 0 Å². The maximum absolute atomic E-state index is 13.8. The molecule has 57 heavy (non-hydrogen) atoms. The summed E-state index contributed by atoms with van der Waals surface area (Å²) in [5.41, 5.74) is 11.5. The first-order valence-corrected chi connectivity index (χ1v) is 18.8. The molecule has 1 aliphatic rings. The summed E-state index contributed by atoms with van der Waals surface area (Å²) in [4.78, 5) is 28.8. The quantitative estimate of drug-likeness (QED) is 0.166. The summed E-state index contributed by atoms with van der Waals surface area (Å²) in [5.74, 6) is -0.813. The number of amides is 2. The lowest BCUT2D eigenvalue weighted by Gasteiger charge is -2.21. The minimum Gasteiger partial charge on any atom is -0.309 e. The predicted octanol–water partition coefficient (Wildman–Crippen LogP) is 11.9. The second-order valence-corrected chi connectivity index (χ2v) is 14.4. The number of para-hydroxylation sites is 3. The molecule has 0 unspecified atom stereocenters. The van der Waals surface area contributed by atoms with Crippen LogP contribution >= 0.6 is 0 Å². The smallest absolute Gasteiger partial charge is 0.266 e. The summed E-state index contributed by atoms with van der Waals surface area (Å²) in [7, 11) is 0. The Labute approximate surface area is 327 Å². The Balaban J connectivity index is 1.06. The number of anilines is 1. The van der Waals surface area contributed by atoms with Crippen LogP contribution in [0.5, 0.6) is 0 Å². The first-order chi connectivity index (χ1) is 28.1. The average Bonchev–Trinajstić information content (AvgIpc) is 3.87. The topological polar surface area (TPSA) is 71.0 Å². The van der Waals surface area contributed by atoms with E-state index in [0.717, 1.165) is 55.0 Å². The van der Waals surface area contributed by atoms with Crippen LogP contribution in [0.25, 0.3) is 77.2 Å². The molecule has 0 atom stereocenters. The van der Waals surface area contributed by atoms with Crippen molar-refractivity contribution in [1.29, 1.82) is 5.26 Å². The fraction of sp³-hybridized carbons (Fsp3) is 0. The summed E-state index contributed by atoms with van der Waals surface area (Å²) in [5, 5.41) is 14.8. The molecular formula is C51H30N4O2. The summed E-state index contributed by atoms with van der Waals surface area (Å²) in [6, 6.07) is 63.2. The van der Waals surface area contributed by atoms with Crippen LogP contribution in [-0.4, -0.2) is 20.9 Å². The van der Waals surface area contributed by atoms with E-state index in [9.17, 15) is 14.9 Å².